The Balaban J connectivity index is 1.81. The summed E-state index contributed by atoms with van der Waals surface area (Å²) in [6, 6.07) is 10.5. The second kappa shape index (κ2) is 6.58. The summed E-state index contributed by atoms with van der Waals surface area (Å²) in [5, 5.41) is 11.6. The smallest absolute Gasteiger partial charge is 0.273 e. The Morgan fingerprint density at radius 1 is 1.19 bits per heavy atom. The van der Waals surface area contributed by atoms with E-state index in [0.717, 1.165) is 11.6 Å². The first-order valence-electron chi connectivity index (χ1n) is 7.43. The van der Waals surface area contributed by atoms with Gasteiger partial charge in [0, 0.05) is 28.7 Å². The fourth-order valence-corrected chi connectivity index (χ4v) is 3.31. The quantitative estimate of drug-likeness (QED) is 0.464. The van der Waals surface area contributed by atoms with Crippen molar-refractivity contribution in [3.05, 3.63) is 69.9 Å². The fraction of sp³-hybridized carbons (Fsp3) is 0.0625. The minimum atomic E-state index is -4.17. The van der Waals surface area contributed by atoms with Gasteiger partial charge in [0.25, 0.3) is 21.6 Å². The van der Waals surface area contributed by atoms with Crippen LogP contribution in [-0.4, -0.2) is 24.2 Å². The molecule has 0 saturated heterocycles. The normalized spacial score (nSPS) is 11.4. The van der Waals surface area contributed by atoms with E-state index in [1.54, 1.807) is 24.3 Å². The SMILES string of the molecule is Cc1ccc(S(=O)(=O)NNC(=O)c2c[nH]c3ccccc23)cc1[N+](=O)[O-]. The van der Waals surface area contributed by atoms with Gasteiger partial charge in [-0.3, -0.25) is 20.3 Å². The average molecular weight is 374 g/mol. The second-order valence-corrected chi connectivity index (χ2v) is 7.20. The minimum absolute atomic E-state index is 0.262. The van der Waals surface area contributed by atoms with Gasteiger partial charge in [0.05, 0.1) is 15.4 Å². The summed E-state index contributed by atoms with van der Waals surface area (Å²) < 4.78 is 24.6. The standard InChI is InChI=1S/C16H14N4O5S/c1-10-6-7-11(8-15(10)20(22)23)26(24,25)19-18-16(21)13-9-17-14-5-3-2-4-12(13)14/h2-9,17,19H,1H3,(H,18,21). The molecule has 3 aromatic rings. The molecule has 3 N–H and O–H groups in total. The highest BCUT2D eigenvalue weighted by molar-refractivity contribution is 7.89. The van der Waals surface area contributed by atoms with Gasteiger partial charge in [-0.15, -0.1) is 4.83 Å². The number of aryl methyl sites for hydroxylation is 1. The van der Waals surface area contributed by atoms with Crippen molar-refractivity contribution in [1.82, 2.24) is 15.2 Å². The highest BCUT2D eigenvalue weighted by atomic mass is 32.2. The number of nitrogens with zero attached hydrogens (tertiary/aromatic N) is 1. The zero-order valence-electron chi connectivity index (χ0n) is 13.5. The summed E-state index contributed by atoms with van der Waals surface area (Å²) in [5.41, 5.74) is 3.11. The van der Waals surface area contributed by atoms with Gasteiger partial charge < -0.3 is 4.98 Å². The van der Waals surface area contributed by atoms with Crippen molar-refractivity contribution in [1.29, 1.82) is 0 Å². The Kier molecular flexibility index (Phi) is 4.45. The second-order valence-electron chi connectivity index (χ2n) is 5.51. The molecule has 2 aromatic carbocycles. The van der Waals surface area contributed by atoms with Crippen molar-refractivity contribution in [3.63, 3.8) is 0 Å². The Bertz CT molecular complexity index is 1120. The summed E-state index contributed by atoms with van der Waals surface area (Å²) in [6.45, 7) is 1.50. The predicted octanol–water partition coefficient (Wildman–Crippen LogP) is 2.01. The molecule has 0 radical (unpaired) electrons. The molecule has 0 aliphatic carbocycles. The summed E-state index contributed by atoms with van der Waals surface area (Å²) >= 11 is 0. The van der Waals surface area contributed by atoms with E-state index in [4.69, 9.17) is 0 Å². The Labute approximate surface area is 148 Å². The maximum atomic E-state index is 12.3. The molecular weight excluding hydrogens is 360 g/mol. The predicted molar refractivity (Wildman–Crippen MR) is 93.9 cm³/mol. The third-order valence-electron chi connectivity index (χ3n) is 3.82. The number of sulfonamides is 1. The van der Waals surface area contributed by atoms with Crippen LogP contribution in [0.15, 0.2) is 53.6 Å². The number of carbonyl (C=O) groups excluding carboxylic acids is 1. The molecule has 10 heteroatoms. The van der Waals surface area contributed by atoms with Crippen molar-refractivity contribution < 1.29 is 18.1 Å². The lowest BCUT2D eigenvalue weighted by Gasteiger charge is -2.08. The molecule has 0 atom stereocenters. The molecule has 0 unspecified atom stereocenters. The van der Waals surface area contributed by atoms with Crippen LogP contribution in [0.3, 0.4) is 0 Å². The molecule has 26 heavy (non-hydrogen) atoms. The van der Waals surface area contributed by atoms with Crippen molar-refractivity contribution in [2.45, 2.75) is 11.8 Å². The van der Waals surface area contributed by atoms with Crippen LogP contribution in [0.25, 0.3) is 10.9 Å². The van der Waals surface area contributed by atoms with Crippen LogP contribution in [0.4, 0.5) is 5.69 Å². The molecule has 1 aromatic heterocycles. The van der Waals surface area contributed by atoms with E-state index >= 15 is 0 Å². The fourth-order valence-electron chi connectivity index (χ4n) is 2.45. The largest absolute Gasteiger partial charge is 0.360 e. The summed E-state index contributed by atoms with van der Waals surface area (Å²) in [5.74, 6) is -0.660. The number of aromatic amines is 1. The molecule has 0 aliphatic heterocycles. The maximum Gasteiger partial charge on any atom is 0.273 e. The van der Waals surface area contributed by atoms with Gasteiger partial charge in [0.1, 0.15) is 0 Å². The van der Waals surface area contributed by atoms with Crippen LogP contribution < -0.4 is 10.3 Å². The monoisotopic (exact) mass is 374 g/mol. The lowest BCUT2D eigenvalue weighted by molar-refractivity contribution is -0.385. The van der Waals surface area contributed by atoms with E-state index in [0.29, 0.717) is 10.9 Å². The molecule has 1 heterocycles. The number of carbonyl (C=O) groups is 1. The number of hydrogen-bond acceptors (Lipinski definition) is 5. The first-order chi connectivity index (χ1) is 12.3. The number of para-hydroxylation sites is 1. The van der Waals surface area contributed by atoms with Crippen molar-refractivity contribution in [2.24, 2.45) is 0 Å². The highest BCUT2D eigenvalue weighted by Crippen LogP contribution is 2.22. The maximum absolute atomic E-state index is 12.3. The number of hydrazine groups is 1. The number of nitro benzene ring substituents is 1. The first-order valence-corrected chi connectivity index (χ1v) is 8.91. The van der Waals surface area contributed by atoms with Gasteiger partial charge in [0.15, 0.2) is 0 Å². The van der Waals surface area contributed by atoms with Crippen LogP contribution in [0, 0.1) is 17.0 Å². The van der Waals surface area contributed by atoms with E-state index < -0.39 is 20.9 Å². The summed E-state index contributed by atoms with van der Waals surface area (Å²) in [4.78, 5) is 27.1. The van der Waals surface area contributed by atoms with E-state index in [1.165, 1.54) is 25.3 Å². The van der Waals surface area contributed by atoms with E-state index in [-0.39, 0.29) is 16.1 Å². The van der Waals surface area contributed by atoms with Crippen LogP contribution in [0.1, 0.15) is 15.9 Å². The zero-order valence-corrected chi connectivity index (χ0v) is 14.3. The molecule has 0 saturated carbocycles. The van der Waals surface area contributed by atoms with E-state index in [2.05, 4.69) is 10.4 Å². The molecule has 0 aliphatic rings. The van der Waals surface area contributed by atoms with Gasteiger partial charge in [-0.25, -0.2) is 8.42 Å². The van der Waals surface area contributed by atoms with Crippen molar-refractivity contribution in [3.8, 4) is 0 Å². The molecule has 134 valence electrons. The van der Waals surface area contributed by atoms with Crippen molar-refractivity contribution in [2.75, 3.05) is 0 Å². The molecule has 0 bridgehead atoms. The van der Waals surface area contributed by atoms with Gasteiger partial charge in [-0.2, -0.15) is 0 Å². The van der Waals surface area contributed by atoms with Crippen LogP contribution in [-0.2, 0) is 10.0 Å². The van der Waals surface area contributed by atoms with Gasteiger partial charge >= 0.3 is 0 Å². The number of rotatable bonds is 5. The topological polar surface area (TPSA) is 134 Å². The van der Waals surface area contributed by atoms with Gasteiger partial charge in [0.2, 0.25) is 0 Å². The van der Waals surface area contributed by atoms with Crippen LogP contribution in [0.2, 0.25) is 0 Å². The molecule has 1 amide bonds. The number of benzene rings is 2. The molecule has 0 fully saturated rings. The average Bonchev–Trinajstić information content (AvgIpc) is 3.04. The molecule has 0 spiro atoms. The number of nitro groups is 1. The third kappa shape index (κ3) is 3.27. The van der Waals surface area contributed by atoms with E-state index in [9.17, 15) is 23.3 Å². The van der Waals surface area contributed by atoms with Crippen LogP contribution >= 0.6 is 0 Å². The van der Waals surface area contributed by atoms with Gasteiger partial charge in [-0.1, -0.05) is 24.3 Å². The summed E-state index contributed by atoms with van der Waals surface area (Å²) in [6.07, 6.45) is 1.46. The van der Waals surface area contributed by atoms with Gasteiger partial charge in [-0.05, 0) is 19.1 Å². The highest BCUT2D eigenvalue weighted by Gasteiger charge is 2.21. The summed E-state index contributed by atoms with van der Waals surface area (Å²) in [7, 11) is -4.17. The molecule has 3 rings (SSSR count). The first kappa shape index (κ1) is 17.6. The zero-order chi connectivity index (χ0) is 18.9. The Morgan fingerprint density at radius 2 is 1.92 bits per heavy atom. The van der Waals surface area contributed by atoms with E-state index in [1.807, 2.05) is 4.83 Å². The lowest BCUT2D eigenvalue weighted by Crippen LogP contribution is -2.41. The Morgan fingerprint density at radius 3 is 2.65 bits per heavy atom. The molecule has 9 nitrogen and oxygen atoms in total. The lowest BCUT2D eigenvalue weighted by atomic mass is 10.2. The number of aromatic nitrogens is 1. The number of H-pyrrole nitrogens is 1. The molecular formula is C16H14N4O5S. The Hall–Kier alpha value is -3.24. The third-order valence-corrected chi connectivity index (χ3v) is 5.07. The number of amides is 1. The number of nitrogens with one attached hydrogen (secondary N) is 3. The minimum Gasteiger partial charge on any atom is -0.360 e. The van der Waals surface area contributed by atoms with Crippen molar-refractivity contribution >= 4 is 32.5 Å². The van der Waals surface area contributed by atoms with Crippen LogP contribution in [0.5, 0.6) is 0 Å². The number of hydrogen-bond donors (Lipinski definition) is 3. The number of fused-ring (bicyclic) bond motifs is 1.